The summed E-state index contributed by atoms with van der Waals surface area (Å²) in [6, 6.07) is 15.9. The molecule has 0 aliphatic carbocycles. The molecule has 0 unspecified atom stereocenters. The summed E-state index contributed by atoms with van der Waals surface area (Å²) in [7, 11) is -3.67. The van der Waals surface area contributed by atoms with Crippen LogP contribution < -0.4 is 4.72 Å². The largest absolute Gasteiger partial charge is 0.280 e. The molecule has 1 N–H and O–H groups in total. The lowest BCUT2D eigenvalue weighted by molar-refractivity contribution is 0.602. The van der Waals surface area contributed by atoms with Gasteiger partial charge in [0.15, 0.2) is 0 Å². The van der Waals surface area contributed by atoms with E-state index < -0.39 is 10.0 Å². The molecule has 0 fully saturated rings. The van der Waals surface area contributed by atoms with Crippen molar-refractivity contribution < 1.29 is 8.42 Å². The molecule has 0 radical (unpaired) electrons. The second-order valence-corrected chi connectivity index (χ2v) is 6.45. The number of rotatable bonds is 3. The van der Waals surface area contributed by atoms with Gasteiger partial charge in [-0.15, -0.1) is 0 Å². The van der Waals surface area contributed by atoms with Crippen LogP contribution in [0.4, 0.5) is 5.69 Å². The van der Waals surface area contributed by atoms with Crippen molar-refractivity contribution in [3.63, 3.8) is 0 Å². The Balaban J connectivity index is 2.06. The lowest BCUT2D eigenvalue weighted by atomic mass is 10.2. The highest BCUT2D eigenvalue weighted by atomic mass is 32.2. The number of anilines is 1. The van der Waals surface area contributed by atoms with Crippen LogP contribution in [0.2, 0.25) is 0 Å². The summed E-state index contributed by atoms with van der Waals surface area (Å²) < 4.78 is 27.7. The summed E-state index contributed by atoms with van der Waals surface area (Å²) in [5, 5.41) is 0.796. The molecule has 2 aromatic carbocycles. The molecule has 106 valence electrons. The van der Waals surface area contributed by atoms with Gasteiger partial charge in [-0.3, -0.25) is 9.71 Å². The van der Waals surface area contributed by atoms with E-state index in [4.69, 9.17) is 0 Å². The molecular formula is C16H14N2O2S. The third-order valence-corrected chi connectivity index (χ3v) is 4.60. The average molecular weight is 298 g/mol. The van der Waals surface area contributed by atoms with Crippen LogP contribution in [0.25, 0.3) is 10.9 Å². The molecule has 0 atom stereocenters. The van der Waals surface area contributed by atoms with Gasteiger partial charge in [-0.1, -0.05) is 35.9 Å². The van der Waals surface area contributed by atoms with Gasteiger partial charge in [-0.2, -0.15) is 0 Å². The van der Waals surface area contributed by atoms with Crippen LogP contribution in [0, 0.1) is 6.92 Å². The number of fused-ring (bicyclic) bond motifs is 1. The SMILES string of the molecule is Cc1ccc(NS(=O)(=O)c2cccc3cccnc23)cc1. The summed E-state index contributed by atoms with van der Waals surface area (Å²) in [6.07, 6.45) is 1.59. The van der Waals surface area contributed by atoms with E-state index in [0.29, 0.717) is 11.2 Å². The molecule has 1 aromatic heterocycles. The number of para-hydroxylation sites is 1. The molecule has 5 heteroatoms. The Kier molecular flexibility index (Phi) is 3.35. The molecule has 4 nitrogen and oxygen atoms in total. The molecule has 3 rings (SSSR count). The fourth-order valence-corrected chi connectivity index (χ4v) is 3.36. The van der Waals surface area contributed by atoms with Gasteiger partial charge in [0.1, 0.15) is 4.90 Å². The van der Waals surface area contributed by atoms with Gasteiger partial charge in [-0.25, -0.2) is 8.42 Å². The topological polar surface area (TPSA) is 59.1 Å². The van der Waals surface area contributed by atoms with E-state index in [1.54, 1.807) is 36.5 Å². The van der Waals surface area contributed by atoms with E-state index in [0.717, 1.165) is 10.9 Å². The highest BCUT2D eigenvalue weighted by Gasteiger charge is 2.18. The Labute approximate surface area is 123 Å². The van der Waals surface area contributed by atoms with Crippen LogP contribution in [0.5, 0.6) is 0 Å². The Hall–Kier alpha value is -2.40. The van der Waals surface area contributed by atoms with Crippen LogP contribution in [0.3, 0.4) is 0 Å². The van der Waals surface area contributed by atoms with E-state index in [1.807, 2.05) is 31.2 Å². The predicted octanol–water partition coefficient (Wildman–Crippen LogP) is 3.34. The molecule has 0 spiro atoms. The van der Waals surface area contributed by atoms with Crippen molar-refractivity contribution in [1.29, 1.82) is 0 Å². The third kappa shape index (κ3) is 2.73. The Morgan fingerprint density at radius 2 is 1.67 bits per heavy atom. The van der Waals surface area contributed by atoms with Crippen molar-refractivity contribution in [2.24, 2.45) is 0 Å². The standard InChI is InChI=1S/C16H14N2O2S/c1-12-7-9-14(10-8-12)18-21(19,20)15-6-2-4-13-5-3-11-17-16(13)15/h2-11,18H,1H3. The fraction of sp³-hybridized carbons (Fsp3) is 0.0625. The zero-order valence-electron chi connectivity index (χ0n) is 11.4. The van der Waals surface area contributed by atoms with Crippen molar-refractivity contribution in [3.8, 4) is 0 Å². The molecular weight excluding hydrogens is 284 g/mol. The molecule has 0 saturated heterocycles. The second kappa shape index (κ2) is 5.18. The van der Waals surface area contributed by atoms with E-state index >= 15 is 0 Å². The van der Waals surface area contributed by atoms with Crippen LogP contribution in [-0.2, 0) is 10.0 Å². The summed E-state index contributed by atoms with van der Waals surface area (Å²) in [5.41, 5.74) is 2.08. The summed E-state index contributed by atoms with van der Waals surface area (Å²) in [4.78, 5) is 4.37. The first kappa shape index (κ1) is 13.6. The van der Waals surface area contributed by atoms with Crippen LogP contribution in [0.1, 0.15) is 5.56 Å². The van der Waals surface area contributed by atoms with E-state index in [2.05, 4.69) is 9.71 Å². The Bertz CT molecular complexity index is 882. The molecule has 1 heterocycles. The maximum Gasteiger partial charge on any atom is 0.264 e. The molecule has 0 amide bonds. The highest BCUT2D eigenvalue weighted by molar-refractivity contribution is 7.93. The van der Waals surface area contributed by atoms with E-state index in [9.17, 15) is 8.42 Å². The zero-order valence-corrected chi connectivity index (χ0v) is 12.3. The van der Waals surface area contributed by atoms with Gasteiger partial charge in [-0.05, 0) is 31.2 Å². The molecule has 0 saturated carbocycles. The second-order valence-electron chi connectivity index (χ2n) is 4.80. The highest BCUT2D eigenvalue weighted by Crippen LogP contribution is 2.23. The number of aryl methyl sites for hydroxylation is 1. The zero-order chi connectivity index (χ0) is 14.9. The van der Waals surface area contributed by atoms with E-state index in [-0.39, 0.29) is 4.90 Å². The summed E-state index contributed by atoms with van der Waals surface area (Å²) in [6.45, 7) is 1.95. The number of nitrogens with one attached hydrogen (secondary N) is 1. The summed E-state index contributed by atoms with van der Waals surface area (Å²) in [5.74, 6) is 0. The number of nitrogens with zero attached hydrogens (tertiary/aromatic N) is 1. The third-order valence-electron chi connectivity index (χ3n) is 3.19. The van der Waals surface area contributed by atoms with Gasteiger partial charge in [0.25, 0.3) is 10.0 Å². The van der Waals surface area contributed by atoms with Gasteiger partial charge >= 0.3 is 0 Å². The van der Waals surface area contributed by atoms with Crippen molar-refractivity contribution >= 4 is 26.6 Å². The van der Waals surface area contributed by atoms with Crippen LogP contribution in [0.15, 0.2) is 65.7 Å². The van der Waals surface area contributed by atoms with Gasteiger partial charge in [0.05, 0.1) is 5.52 Å². The van der Waals surface area contributed by atoms with Crippen LogP contribution in [-0.4, -0.2) is 13.4 Å². The average Bonchev–Trinajstić information content (AvgIpc) is 2.49. The number of sulfonamides is 1. The maximum atomic E-state index is 12.5. The molecule has 0 aliphatic rings. The number of hydrogen-bond acceptors (Lipinski definition) is 3. The minimum Gasteiger partial charge on any atom is -0.280 e. The van der Waals surface area contributed by atoms with Crippen molar-refractivity contribution in [1.82, 2.24) is 4.98 Å². The van der Waals surface area contributed by atoms with Crippen molar-refractivity contribution in [3.05, 3.63) is 66.4 Å². The minimum atomic E-state index is -3.67. The fourth-order valence-electron chi connectivity index (χ4n) is 2.12. The smallest absolute Gasteiger partial charge is 0.264 e. The Morgan fingerprint density at radius 3 is 2.43 bits per heavy atom. The van der Waals surface area contributed by atoms with Crippen molar-refractivity contribution in [2.45, 2.75) is 11.8 Å². The lowest BCUT2D eigenvalue weighted by Gasteiger charge is -2.10. The molecule has 0 bridgehead atoms. The minimum absolute atomic E-state index is 0.182. The van der Waals surface area contributed by atoms with Crippen molar-refractivity contribution in [2.75, 3.05) is 4.72 Å². The first-order chi connectivity index (χ1) is 10.1. The number of aromatic nitrogens is 1. The van der Waals surface area contributed by atoms with E-state index in [1.165, 1.54) is 0 Å². The predicted molar refractivity (Wildman–Crippen MR) is 83.7 cm³/mol. The molecule has 21 heavy (non-hydrogen) atoms. The quantitative estimate of drug-likeness (QED) is 0.806. The van der Waals surface area contributed by atoms with Crippen LogP contribution >= 0.6 is 0 Å². The molecule has 3 aromatic rings. The maximum absolute atomic E-state index is 12.5. The number of pyridine rings is 1. The summed E-state index contributed by atoms with van der Waals surface area (Å²) >= 11 is 0. The monoisotopic (exact) mass is 298 g/mol. The molecule has 0 aliphatic heterocycles. The first-order valence-electron chi connectivity index (χ1n) is 6.49. The van der Waals surface area contributed by atoms with Gasteiger partial charge in [0, 0.05) is 17.3 Å². The van der Waals surface area contributed by atoms with Gasteiger partial charge < -0.3 is 0 Å². The van der Waals surface area contributed by atoms with Gasteiger partial charge in [0.2, 0.25) is 0 Å². The number of benzene rings is 2. The normalized spacial score (nSPS) is 11.5. The first-order valence-corrected chi connectivity index (χ1v) is 7.98. The Morgan fingerprint density at radius 1 is 0.952 bits per heavy atom. The lowest BCUT2D eigenvalue weighted by Crippen LogP contribution is -2.13. The number of hydrogen-bond donors (Lipinski definition) is 1.